The summed E-state index contributed by atoms with van der Waals surface area (Å²) in [6.07, 6.45) is 9.23. The number of likely N-dealkylation sites (tertiary alicyclic amines) is 1. The Labute approximate surface area is 111 Å². The van der Waals surface area contributed by atoms with E-state index in [4.69, 9.17) is 0 Å². The lowest BCUT2D eigenvalue weighted by Gasteiger charge is -2.36. The molecule has 1 saturated heterocycles. The molecule has 2 aliphatic rings. The molecule has 0 aromatic heterocycles. The van der Waals surface area contributed by atoms with Gasteiger partial charge in [-0.2, -0.15) is 12.6 Å². The average molecular weight is 255 g/mol. The van der Waals surface area contributed by atoms with Gasteiger partial charge in [-0.25, -0.2) is 0 Å². The third-order valence-electron chi connectivity index (χ3n) is 4.39. The van der Waals surface area contributed by atoms with Crippen molar-refractivity contribution in [3.05, 3.63) is 0 Å². The van der Waals surface area contributed by atoms with E-state index in [9.17, 15) is 4.79 Å². The molecule has 0 aromatic rings. The highest BCUT2D eigenvalue weighted by atomic mass is 32.1. The molecule has 17 heavy (non-hydrogen) atoms. The van der Waals surface area contributed by atoms with Gasteiger partial charge in [0.1, 0.15) is 0 Å². The zero-order valence-corrected chi connectivity index (χ0v) is 11.8. The Morgan fingerprint density at radius 1 is 1.41 bits per heavy atom. The van der Waals surface area contributed by atoms with E-state index in [2.05, 4.69) is 24.5 Å². The molecule has 0 radical (unpaired) electrons. The lowest BCUT2D eigenvalue weighted by atomic mass is 9.96. The maximum absolute atomic E-state index is 12.4. The zero-order valence-electron chi connectivity index (χ0n) is 11.0. The third kappa shape index (κ3) is 3.18. The first-order valence-corrected chi connectivity index (χ1v) is 7.74. The Balaban J connectivity index is 1.91. The summed E-state index contributed by atoms with van der Waals surface area (Å²) in [5.41, 5.74) is 0.272. The molecule has 0 aromatic carbocycles. The van der Waals surface area contributed by atoms with E-state index in [0.29, 0.717) is 11.9 Å². The van der Waals surface area contributed by atoms with E-state index in [1.54, 1.807) is 0 Å². The van der Waals surface area contributed by atoms with Crippen LogP contribution in [0.1, 0.15) is 58.3 Å². The van der Waals surface area contributed by atoms with Gasteiger partial charge in [-0.1, -0.05) is 13.3 Å². The van der Waals surface area contributed by atoms with Gasteiger partial charge < -0.3 is 4.90 Å². The quantitative estimate of drug-likeness (QED) is 0.748. The molecule has 1 unspecified atom stereocenters. The summed E-state index contributed by atoms with van der Waals surface area (Å²) in [5.74, 6) is 1.28. The highest BCUT2D eigenvalue weighted by Gasteiger charge is 2.44. The number of rotatable bonds is 5. The van der Waals surface area contributed by atoms with Gasteiger partial charge >= 0.3 is 0 Å². The van der Waals surface area contributed by atoms with Crippen LogP contribution in [0.3, 0.4) is 0 Å². The fourth-order valence-corrected chi connectivity index (χ4v) is 3.38. The lowest BCUT2D eigenvalue weighted by molar-refractivity contribution is -0.136. The van der Waals surface area contributed by atoms with Crippen molar-refractivity contribution < 1.29 is 4.79 Å². The molecule has 98 valence electrons. The second-order valence-electron chi connectivity index (χ2n) is 5.86. The van der Waals surface area contributed by atoms with Crippen LogP contribution >= 0.6 is 12.6 Å². The predicted molar refractivity (Wildman–Crippen MR) is 74.4 cm³/mol. The largest absolute Gasteiger partial charge is 0.340 e. The molecule has 2 nitrogen and oxygen atoms in total. The Bertz CT molecular complexity index is 273. The molecule has 1 amide bonds. The van der Waals surface area contributed by atoms with Crippen LogP contribution in [0.5, 0.6) is 0 Å². The summed E-state index contributed by atoms with van der Waals surface area (Å²) in [5, 5.41) is 0. The van der Waals surface area contributed by atoms with Crippen molar-refractivity contribution in [1.29, 1.82) is 0 Å². The van der Waals surface area contributed by atoms with Crippen LogP contribution in [0.2, 0.25) is 0 Å². The summed E-state index contributed by atoms with van der Waals surface area (Å²) in [7, 11) is 0. The number of piperidine rings is 1. The molecule has 3 heteroatoms. The van der Waals surface area contributed by atoms with Crippen LogP contribution in [0.4, 0.5) is 0 Å². The molecule has 1 heterocycles. The van der Waals surface area contributed by atoms with Gasteiger partial charge in [-0.15, -0.1) is 0 Å². The van der Waals surface area contributed by atoms with Crippen LogP contribution in [0.15, 0.2) is 0 Å². The standard InChI is InChI=1S/C14H25NOS/c1-2-5-12-6-3-4-9-15(12)13(16)10-14(11-17)7-8-14/h12,17H,2-11H2,1H3. The van der Waals surface area contributed by atoms with Gasteiger partial charge in [-0.3, -0.25) is 4.79 Å². The smallest absolute Gasteiger partial charge is 0.223 e. The molecule has 1 aliphatic carbocycles. The van der Waals surface area contributed by atoms with Crippen molar-refractivity contribution in [2.45, 2.75) is 64.3 Å². The van der Waals surface area contributed by atoms with Crippen LogP contribution < -0.4 is 0 Å². The molecular formula is C14H25NOS. The number of hydrogen-bond donors (Lipinski definition) is 1. The number of thiol groups is 1. The summed E-state index contributed by atoms with van der Waals surface area (Å²) < 4.78 is 0. The minimum absolute atomic E-state index is 0.272. The molecular weight excluding hydrogens is 230 g/mol. The van der Waals surface area contributed by atoms with Crippen LogP contribution in [-0.2, 0) is 4.79 Å². The fraction of sp³-hybridized carbons (Fsp3) is 0.929. The van der Waals surface area contributed by atoms with Crippen molar-refractivity contribution in [2.75, 3.05) is 12.3 Å². The summed E-state index contributed by atoms with van der Waals surface area (Å²) in [6, 6.07) is 0.525. The van der Waals surface area contributed by atoms with Gasteiger partial charge in [0, 0.05) is 19.0 Å². The van der Waals surface area contributed by atoms with Gasteiger partial charge in [0.05, 0.1) is 0 Å². The van der Waals surface area contributed by atoms with E-state index in [-0.39, 0.29) is 5.41 Å². The van der Waals surface area contributed by atoms with Crippen molar-refractivity contribution in [3.8, 4) is 0 Å². The van der Waals surface area contributed by atoms with E-state index in [1.807, 2.05) is 0 Å². The van der Waals surface area contributed by atoms with Crippen molar-refractivity contribution >= 4 is 18.5 Å². The van der Waals surface area contributed by atoms with E-state index >= 15 is 0 Å². The second kappa shape index (κ2) is 5.64. The van der Waals surface area contributed by atoms with Crippen LogP contribution in [-0.4, -0.2) is 29.1 Å². The Kier molecular flexibility index (Phi) is 4.40. The van der Waals surface area contributed by atoms with Gasteiger partial charge in [0.25, 0.3) is 0 Å². The zero-order chi connectivity index (χ0) is 12.3. The molecule has 1 saturated carbocycles. The maximum atomic E-state index is 12.4. The van der Waals surface area contributed by atoms with Crippen molar-refractivity contribution in [1.82, 2.24) is 4.90 Å². The summed E-state index contributed by atoms with van der Waals surface area (Å²) in [4.78, 5) is 14.6. The van der Waals surface area contributed by atoms with Crippen LogP contribution in [0, 0.1) is 5.41 Å². The second-order valence-corrected chi connectivity index (χ2v) is 6.18. The molecule has 2 fully saturated rings. The van der Waals surface area contributed by atoms with E-state index in [1.165, 1.54) is 44.9 Å². The molecule has 2 rings (SSSR count). The molecule has 1 atom stereocenters. The number of amides is 1. The molecule has 1 aliphatic heterocycles. The number of hydrogen-bond acceptors (Lipinski definition) is 2. The van der Waals surface area contributed by atoms with Crippen molar-refractivity contribution in [3.63, 3.8) is 0 Å². The predicted octanol–water partition coefficient (Wildman–Crippen LogP) is 3.27. The van der Waals surface area contributed by atoms with E-state index in [0.717, 1.165) is 18.7 Å². The number of carbonyl (C=O) groups is 1. The van der Waals surface area contributed by atoms with Crippen LogP contribution in [0.25, 0.3) is 0 Å². The van der Waals surface area contributed by atoms with Gasteiger partial charge in [0.15, 0.2) is 0 Å². The first-order chi connectivity index (χ1) is 8.21. The lowest BCUT2D eigenvalue weighted by Crippen LogP contribution is -2.44. The number of nitrogens with zero attached hydrogens (tertiary/aromatic N) is 1. The summed E-state index contributed by atoms with van der Waals surface area (Å²) in [6.45, 7) is 3.21. The highest BCUT2D eigenvalue weighted by Crippen LogP contribution is 2.50. The normalized spacial score (nSPS) is 26.9. The minimum atomic E-state index is 0.272. The minimum Gasteiger partial charge on any atom is -0.340 e. The fourth-order valence-electron chi connectivity index (χ4n) is 2.95. The first kappa shape index (κ1) is 13.3. The molecule has 0 bridgehead atoms. The summed E-state index contributed by atoms with van der Waals surface area (Å²) >= 11 is 4.40. The van der Waals surface area contributed by atoms with Gasteiger partial charge in [0.2, 0.25) is 5.91 Å². The number of carbonyl (C=O) groups excluding carboxylic acids is 1. The van der Waals surface area contributed by atoms with Crippen molar-refractivity contribution in [2.24, 2.45) is 5.41 Å². The monoisotopic (exact) mass is 255 g/mol. The Hall–Kier alpha value is -0.180. The maximum Gasteiger partial charge on any atom is 0.223 e. The third-order valence-corrected chi connectivity index (χ3v) is 5.06. The Morgan fingerprint density at radius 2 is 2.18 bits per heavy atom. The van der Waals surface area contributed by atoms with Gasteiger partial charge in [-0.05, 0) is 49.7 Å². The highest BCUT2D eigenvalue weighted by molar-refractivity contribution is 7.80. The van der Waals surface area contributed by atoms with E-state index < -0.39 is 0 Å². The average Bonchev–Trinajstić information content (AvgIpc) is 3.10. The Morgan fingerprint density at radius 3 is 2.76 bits per heavy atom. The SMILES string of the molecule is CCCC1CCCCN1C(=O)CC1(CS)CC1. The first-order valence-electron chi connectivity index (χ1n) is 7.11. The molecule has 0 N–H and O–H groups in total. The topological polar surface area (TPSA) is 20.3 Å². The molecule has 0 spiro atoms.